The maximum Gasteiger partial charge on any atom is 0.0701 e. The fourth-order valence-electron chi connectivity index (χ4n) is 0.872. The zero-order valence-electron chi connectivity index (χ0n) is 9.29. The highest BCUT2D eigenvalue weighted by atomic mass is 16.5. The zero-order chi connectivity index (χ0) is 10.5. The molecule has 0 rings (SSSR count). The molecule has 0 radical (unpaired) electrons. The van der Waals surface area contributed by atoms with E-state index in [9.17, 15) is 0 Å². The Balaban J connectivity index is 2.78. The normalized spacial score (nSPS) is 10.7. The van der Waals surface area contributed by atoms with Crippen molar-refractivity contribution < 1.29 is 18.9 Å². The minimum Gasteiger partial charge on any atom is -0.382 e. The van der Waals surface area contributed by atoms with Gasteiger partial charge in [-0.1, -0.05) is 0 Å². The quantitative estimate of drug-likeness (QED) is 0.474. The molecular weight excluding hydrogens is 184 g/mol. The Morgan fingerprint density at radius 3 is 1.93 bits per heavy atom. The van der Waals surface area contributed by atoms with Crippen molar-refractivity contribution in [1.82, 2.24) is 0 Å². The third-order valence-corrected chi connectivity index (χ3v) is 1.59. The van der Waals surface area contributed by atoms with Crippen molar-refractivity contribution in [2.24, 2.45) is 0 Å². The molecule has 0 saturated heterocycles. The highest BCUT2D eigenvalue weighted by molar-refractivity contribution is 4.35. The summed E-state index contributed by atoms with van der Waals surface area (Å²) in [6.07, 6.45) is 0.950. The van der Waals surface area contributed by atoms with E-state index in [0.717, 1.165) is 26.2 Å². The lowest BCUT2D eigenvalue weighted by atomic mass is 10.5. The summed E-state index contributed by atoms with van der Waals surface area (Å²) >= 11 is 0. The average molecular weight is 206 g/mol. The van der Waals surface area contributed by atoms with Gasteiger partial charge in [-0.3, -0.25) is 0 Å². The lowest BCUT2D eigenvalue weighted by molar-refractivity contribution is 0.0188. The van der Waals surface area contributed by atoms with Crippen LogP contribution in [0.4, 0.5) is 0 Å². The van der Waals surface area contributed by atoms with Gasteiger partial charge < -0.3 is 18.9 Å². The van der Waals surface area contributed by atoms with Gasteiger partial charge in [0.05, 0.1) is 26.4 Å². The van der Waals surface area contributed by atoms with Crippen molar-refractivity contribution in [2.75, 3.05) is 53.4 Å². The summed E-state index contributed by atoms with van der Waals surface area (Å²) in [6.45, 7) is 6.86. The lowest BCUT2D eigenvalue weighted by Gasteiger charge is -2.05. The van der Waals surface area contributed by atoms with Crippen LogP contribution in [0.25, 0.3) is 0 Å². The first-order valence-corrected chi connectivity index (χ1v) is 5.14. The number of ether oxygens (including phenoxy) is 4. The molecule has 0 aliphatic heterocycles. The predicted octanol–water partition coefficient (Wildman–Crippen LogP) is 1.09. The summed E-state index contributed by atoms with van der Waals surface area (Å²) in [4.78, 5) is 0. The molecule has 0 fully saturated rings. The Bertz CT molecular complexity index is 86.1. The molecule has 0 aromatic rings. The summed E-state index contributed by atoms with van der Waals surface area (Å²) in [5, 5.41) is 0. The Labute approximate surface area is 86.5 Å². The smallest absolute Gasteiger partial charge is 0.0701 e. The van der Waals surface area contributed by atoms with Crippen LogP contribution in [0.5, 0.6) is 0 Å². The summed E-state index contributed by atoms with van der Waals surface area (Å²) in [7, 11) is 1.66. The van der Waals surface area contributed by atoms with Gasteiger partial charge in [0, 0.05) is 26.9 Å². The van der Waals surface area contributed by atoms with Crippen molar-refractivity contribution in [3.8, 4) is 0 Å². The third-order valence-electron chi connectivity index (χ3n) is 1.59. The SMILES string of the molecule is CCOCCCOCCOCCOC. The molecule has 14 heavy (non-hydrogen) atoms. The van der Waals surface area contributed by atoms with Crippen LogP contribution < -0.4 is 0 Å². The summed E-state index contributed by atoms with van der Waals surface area (Å²) in [6, 6.07) is 0. The first-order chi connectivity index (χ1) is 6.91. The second-order valence-corrected chi connectivity index (χ2v) is 2.77. The molecule has 0 heterocycles. The van der Waals surface area contributed by atoms with Gasteiger partial charge in [-0.15, -0.1) is 0 Å². The van der Waals surface area contributed by atoms with E-state index in [1.807, 2.05) is 6.92 Å². The van der Waals surface area contributed by atoms with E-state index in [2.05, 4.69) is 0 Å². The van der Waals surface area contributed by atoms with Gasteiger partial charge >= 0.3 is 0 Å². The predicted molar refractivity (Wildman–Crippen MR) is 54.6 cm³/mol. The Hall–Kier alpha value is -0.160. The molecule has 4 heteroatoms. The number of hydrogen-bond acceptors (Lipinski definition) is 4. The van der Waals surface area contributed by atoms with E-state index in [1.54, 1.807) is 7.11 Å². The molecular formula is C10H22O4. The zero-order valence-corrected chi connectivity index (χ0v) is 9.29. The van der Waals surface area contributed by atoms with Crippen LogP contribution in [-0.4, -0.2) is 53.4 Å². The van der Waals surface area contributed by atoms with E-state index in [0.29, 0.717) is 26.4 Å². The van der Waals surface area contributed by atoms with Crippen LogP contribution in [0.3, 0.4) is 0 Å². The summed E-state index contributed by atoms with van der Waals surface area (Å²) in [5.74, 6) is 0. The fraction of sp³-hybridized carbons (Fsp3) is 1.00. The molecule has 0 saturated carbocycles. The molecule has 0 aromatic carbocycles. The Morgan fingerprint density at radius 1 is 0.714 bits per heavy atom. The molecule has 0 bridgehead atoms. The second kappa shape index (κ2) is 12.8. The van der Waals surface area contributed by atoms with Gasteiger partial charge in [-0.2, -0.15) is 0 Å². The molecule has 86 valence electrons. The first-order valence-electron chi connectivity index (χ1n) is 5.14. The highest BCUT2D eigenvalue weighted by Gasteiger charge is 1.90. The van der Waals surface area contributed by atoms with Crippen LogP contribution in [0, 0.1) is 0 Å². The minimum atomic E-state index is 0.637. The Morgan fingerprint density at radius 2 is 1.29 bits per heavy atom. The molecule has 0 aliphatic carbocycles. The largest absolute Gasteiger partial charge is 0.382 e. The molecule has 0 aliphatic rings. The summed E-state index contributed by atoms with van der Waals surface area (Å²) < 4.78 is 20.5. The van der Waals surface area contributed by atoms with Crippen molar-refractivity contribution in [2.45, 2.75) is 13.3 Å². The molecule has 0 aromatic heterocycles. The molecule has 4 nitrogen and oxygen atoms in total. The maximum absolute atomic E-state index is 5.31. The van der Waals surface area contributed by atoms with Crippen LogP contribution in [0.15, 0.2) is 0 Å². The number of rotatable bonds is 11. The van der Waals surface area contributed by atoms with Crippen LogP contribution >= 0.6 is 0 Å². The van der Waals surface area contributed by atoms with Gasteiger partial charge in [0.2, 0.25) is 0 Å². The monoisotopic (exact) mass is 206 g/mol. The van der Waals surface area contributed by atoms with Crippen molar-refractivity contribution in [3.63, 3.8) is 0 Å². The van der Waals surface area contributed by atoms with Crippen LogP contribution in [0.2, 0.25) is 0 Å². The highest BCUT2D eigenvalue weighted by Crippen LogP contribution is 1.85. The van der Waals surface area contributed by atoms with E-state index in [-0.39, 0.29) is 0 Å². The van der Waals surface area contributed by atoms with E-state index < -0.39 is 0 Å². The van der Waals surface area contributed by atoms with Gasteiger partial charge in [0.15, 0.2) is 0 Å². The topological polar surface area (TPSA) is 36.9 Å². The van der Waals surface area contributed by atoms with Crippen molar-refractivity contribution in [3.05, 3.63) is 0 Å². The van der Waals surface area contributed by atoms with E-state index >= 15 is 0 Å². The fourth-order valence-corrected chi connectivity index (χ4v) is 0.872. The first kappa shape index (κ1) is 13.8. The Kier molecular flexibility index (Phi) is 12.7. The van der Waals surface area contributed by atoms with Gasteiger partial charge in [-0.05, 0) is 13.3 Å². The van der Waals surface area contributed by atoms with Crippen molar-refractivity contribution in [1.29, 1.82) is 0 Å². The molecule has 0 unspecified atom stereocenters. The third kappa shape index (κ3) is 11.8. The second-order valence-electron chi connectivity index (χ2n) is 2.77. The molecule has 0 atom stereocenters. The van der Waals surface area contributed by atoms with Crippen molar-refractivity contribution >= 4 is 0 Å². The standard InChI is InChI=1S/C10H22O4/c1-3-12-5-4-6-13-9-10-14-8-7-11-2/h3-10H2,1-2H3. The minimum absolute atomic E-state index is 0.637. The molecule has 0 spiro atoms. The number of methoxy groups -OCH3 is 1. The van der Waals surface area contributed by atoms with Gasteiger partial charge in [-0.25, -0.2) is 0 Å². The average Bonchev–Trinajstić information content (AvgIpc) is 2.21. The maximum atomic E-state index is 5.31. The van der Waals surface area contributed by atoms with Gasteiger partial charge in [0.25, 0.3) is 0 Å². The van der Waals surface area contributed by atoms with Gasteiger partial charge in [0.1, 0.15) is 0 Å². The summed E-state index contributed by atoms with van der Waals surface area (Å²) in [5.41, 5.74) is 0. The number of hydrogen-bond donors (Lipinski definition) is 0. The molecule has 0 N–H and O–H groups in total. The van der Waals surface area contributed by atoms with Crippen LogP contribution in [0.1, 0.15) is 13.3 Å². The van der Waals surface area contributed by atoms with E-state index in [4.69, 9.17) is 18.9 Å². The lowest BCUT2D eigenvalue weighted by Crippen LogP contribution is -2.09. The molecule has 0 amide bonds. The van der Waals surface area contributed by atoms with E-state index in [1.165, 1.54) is 0 Å². The van der Waals surface area contributed by atoms with Crippen LogP contribution in [-0.2, 0) is 18.9 Å².